The number of nitrogens with zero attached hydrogens (tertiary/aromatic N) is 2. The summed E-state index contributed by atoms with van der Waals surface area (Å²) in [4.78, 5) is 57.1. The number of alkyl carbamates (subject to hydrolysis) is 1. The highest BCUT2D eigenvalue weighted by molar-refractivity contribution is 7.89. The van der Waals surface area contributed by atoms with Crippen molar-refractivity contribution in [2.24, 2.45) is 16.5 Å². The number of amides is 3. The number of guanidine groups is 1. The van der Waals surface area contributed by atoms with Gasteiger partial charge in [0.15, 0.2) is 5.96 Å². The summed E-state index contributed by atoms with van der Waals surface area (Å²) in [5.41, 5.74) is 10.8. The van der Waals surface area contributed by atoms with Gasteiger partial charge in [-0.2, -0.15) is 0 Å². The van der Waals surface area contributed by atoms with Gasteiger partial charge in [0.2, 0.25) is 21.8 Å². The number of rotatable bonds is 16. The van der Waals surface area contributed by atoms with Crippen molar-refractivity contribution >= 4 is 39.9 Å². The standard InChI is InChI=1S/C29H47N7O8S/c1-5-43-24(37)18-33-45(41,42)19-21(13-9-15-32-27(30)31)34-25(38)23-14-10-16-36(23)26(39)22(17-20-11-7-6-8-12-20)35-28(40)44-29(2,3)4/h6-8,11-12,21-23,33H,5,9-10,13-19H2,1-4H3,(H,34,38)(H,35,40)(H4,30,31,32)/t21-,22+,23-/m0/s1. The molecule has 1 aliphatic heterocycles. The van der Waals surface area contributed by atoms with Gasteiger partial charge >= 0.3 is 12.1 Å². The second-order valence-electron chi connectivity index (χ2n) is 11.6. The van der Waals surface area contributed by atoms with E-state index < -0.39 is 69.9 Å². The number of esters is 1. The number of benzene rings is 1. The molecule has 15 nitrogen and oxygen atoms in total. The van der Waals surface area contributed by atoms with Crippen LogP contribution < -0.4 is 26.8 Å². The first-order valence-corrected chi connectivity index (χ1v) is 16.6. The SMILES string of the molecule is CCOC(=O)CNS(=O)(=O)C[C@H](CCCN=C(N)N)NC(=O)[C@@H]1CCCN1C(=O)[C@@H](Cc1ccccc1)NC(=O)OC(C)(C)C. The zero-order valence-electron chi connectivity index (χ0n) is 26.4. The molecule has 1 aromatic rings. The van der Waals surface area contributed by atoms with E-state index in [0.29, 0.717) is 19.3 Å². The molecule has 1 aromatic carbocycles. The molecule has 0 aliphatic carbocycles. The Kier molecular flexibility index (Phi) is 14.5. The minimum atomic E-state index is -4.02. The number of hydrogen-bond donors (Lipinski definition) is 5. The fraction of sp³-hybridized carbons (Fsp3) is 0.621. The highest BCUT2D eigenvalue weighted by Crippen LogP contribution is 2.21. The van der Waals surface area contributed by atoms with Crippen LogP contribution in [0.5, 0.6) is 0 Å². The van der Waals surface area contributed by atoms with E-state index in [1.54, 1.807) is 27.7 Å². The number of carbonyl (C=O) groups excluding carboxylic acids is 4. The molecule has 3 atom stereocenters. The number of ether oxygens (including phenoxy) is 2. The summed E-state index contributed by atoms with van der Waals surface area (Å²) in [6.07, 6.45) is 0.822. The Morgan fingerprint density at radius 1 is 1.11 bits per heavy atom. The zero-order chi connectivity index (χ0) is 33.6. The van der Waals surface area contributed by atoms with Crippen molar-refractivity contribution in [2.75, 3.05) is 32.0 Å². The average Bonchev–Trinajstić information content (AvgIpc) is 3.43. The van der Waals surface area contributed by atoms with Crippen LogP contribution >= 0.6 is 0 Å². The molecule has 45 heavy (non-hydrogen) atoms. The van der Waals surface area contributed by atoms with E-state index in [1.165, 1.54) is 4.90 Å². The van der Waals surface area contributed by atoms with Crippen molar-refractivity contribution in [3.63, 3.8) is 0 Å². The molecule has 1 fully saturated rings. The molecule has 252 valence electrons. The van der Waals surface area contributed by atoms with Gasteiger partial charge in [0.25, 0.3) is 0 Å². The molecule has 0 radical (unpaired) electrons. The summed E-state index contributed by atoms with van der Waals surface area (Å²) in [5, 5.41) is 5.43. The number of hydrogen-bond acceptors (Lipinski definition) is 9. The third kappa shape index (κ3) is 14.2. The molecule has 1 aliphatic rings. The third-order valence-electron chi connectivity index (χ3n) is 6.62. The van der Waals surface area contributed by atoms with Crippen molar-refractivity contribution in [1.29, 1.82) is 0 Å². The Balaban J connectivity index is 2.21. The minimum Gasteiger partial charge on any atom is -0.465 e. The van der Waals surface area contributed by atoms with Crippen LogP contribution in [0.15, 0.2) is 35.3 Å². The van der Waals surface area contributed by atoms with E-state index in [9.17, 15) is 27.6 Å². The predicted molar refractivity (Wildman–Crippen MR) is 168 cm³/mol. The van der Waals surface area contributed by atoms with Crippen molar-refractivity contribution in [2.45, 2.75) is 83.5 Å². The summed E-state index contributed by atoms with van der Waals surface area (Å²) >= 11 is 0. The number of likely N-dealkylation sites (tertiary alicyclic amines) is 1. The zero-order valence-corrected chi connectivity index (χ0v) is 27.2. The molecule has 2 rings (SSSR count). The van der Waals surface area contributed by atoms with Crippen molar-refractivity contribution in [3.05, 3.63) is 35.9 Å². The van der Waals surface area contributed by atoms with Crippen LogP contribution in [0.25, 0.3) is 0 Å². The normalized spacial score (nSPS) is 16.3. The summed E-state index contributed by atoms with van der Waals surface area (Å²) in [7, 11) is -4.02. The molecular formula is C29H47N7O8S. The van der Waals surface area contributed by atoms with Gasteiger partial charge < -0.3 is 36.5 Å². The van der Waals surface area contributed by atoms with Gasteiger partial charge in [0.1, 0.15) is 24.2 Å². The first-order valence-electron chi connectivity index (χ1n) is 14.9. The molecule has 0 aromatic heterocycles. The van der Waals surface area contributed by atoms with E-state index >= 15 is 0 Å². The highest BCUT2D eigenvalue weighted by Gasteiger charge is 2.39. The van der Waals surface area contributed by atoms with Crippen molar-refractivity contribution in [1.82, 2.24) is 20.3 Å². The molecule has 0 bridgehead atoms. The topological polar surface area (TPSA) is 225 Å². The summed E-state index contributed by atoms with van der Waals surface area (Å²) in [6.45, 7) is 6.75. The lowest BCUT2D eigenvalue weighted by Crippen LogP contribution is -2.56. The lowest BCUT2D eigenvalue weighted by Gasteiger charge is -2.30. The second kappa shape index (κ2) is 17.5. The number of aliphatic imine (C=N–C) groups is 1. The van der Waals surface area contributed by atoms with E-state index in [1.807, 2.05) is 30.3 Å². The fourth-order valence-electron chi connectivity index (χ4n) is 4.75. The van der Waals surface area contributed by atoms with E-state index in [4.69, 9.17) is 20.9 Å². The Morgan fingerprint density at radius 3 is 2.42 bits per heavy atom. The first-order chi connectivity index (χ1) is 21.1. The maximum atomic E-state index is 13.8. The maximum Gasteiger partial charge on any atom is 0.408 e. The molecule has 0 saturated carbocycles. The van der Waals surface area contributed by atoms with Gasteiger partial charge in [-0.3, -0.25) is 19.4 Å². The molecule has 1 saturated heterocycles. The van der Waals surface area contributed by atoms with Gasteiger partial charge in [-0.1, -0.05) is 30.3 Å². The fourth-order valence-corrected chi connectivity index (χ4v) is 5.98. The quantitative estimate of drug-likeness (QED) is 0.0702. The number of sulfonamides is 1. The highest BCUT2D eigenvalue weighted by atomic mass is 32.2. The molecule has 7 N–H and O–H groups in total. The largest absolute Gasteiger partial charge is 0.465 e. The van der Waals surface area contributed by atoms with Crippen LogP contribution in [-0.4, -0.2) is 98.9 Å². The lowest BCUT2D eigenvalue weighted by atomic mass is 10.0. The third-order valence-corrected chi connectivity index (χ3v) is 8.05. The molecule has 0 spiro atoms. The van der Waals surface area contributed by atoms with E-state index in [-0.39, 0.29) is 38.5 Å². The number of nitrogens with one attached hydrogen (secondary N) is 3. The van der Waals surface area contributed by atoms with Crippen LogP contribution in [0.4, 0.5) is 4.79 Å². The van der Waals surface area contributed by atoms with Crippen LogP contribution in [0, 0.1) is 0 Å². The van der Waals surface area contributed by atoms with Crippen molar-refractivity contribution in [3.8, 4) is 0 Å². The molecule has 16 heteroatoms. The first kappa shape index (κ1) is 37.3. The smallest absolute Gasteiger partial charge is 0.408 e. The summed E-state index contributed by atoms with van der Waals surface area (Å²) in [6, 6.07) is 6.33. The van der Waals surface area contributed by atoms with Crippen LogP contribution in [-0.2, 0) is 40.3 Å². The van der Waals surface area contributed by atoms with E-state index in [2.05, 4.69) is 20.3 Å². The van der Waals surface area contributed by atoms with Crippen LogP contribution in [0.3, 0.4) is 0 Å². The Morgan fingerprint density at radius 2 is 1.80 bits per heavy atom. The number of carbonyl (C=O) groups is 4. The molecule has 1 heterocycles. The van der Waals surface area contributed by atoms with Gasteiger partial charge in [0.05, 0.1) is 12.4 Å². The van der Waals surface area contributed by atoms with Crippen LogP contribution in [0.1, 0.15) is 58.9 Å². The maximum absolute atomic E-state index is 13.8. The molecule has 0 unspecified atom stereocenters. The predicted octanol–water partition coefficient (Wildman–Crippen LogP) is 0.134. The monoisotopic (exact) mass is 653 g/mol. The van der Waals surface area contributed by atoms with Crippen LogP contribution in [0.2, 0.25) is 0 Å². The van der Waals surface area contributed by atoms with Gasteiger partial charge in [0, 0.05) is 25.6 Å². The minimum absolute atomic E-state index is 0.0974. The Hall–Kier alpha value is -3.92. The Bertz CT molecular complexity index is 1280. The van der Waals surface area contributed by atoms with Gasteiger partial charge in [-0.05, 0) is 58.9 Å². The summed E-state index contributed by atoms with van der Waals surface area (Å²) < 4.78 is 37.9. The average molecular weight is 654 g/mol. The van der Waals surface area contributed by atoms with Gasteiger partial charge in [-0.15, -0.1) is 0 Å². The van der Waals surface area contributed by atoms with Crippen molar-refractivity contribution < 1.29 is 37.1 Å². The molecule has 3 amide bonds. The van der Waals surface area contributed by atoms with E-state index in [0.717, 1.165) is 5.56 Å². The Labute approximate surface area is 264 Å². The molecular weight excluding hydrogens is 606 g/mol. The lowest BCUT2D eigenvalue weighted by molar-refractivity contribution is -0.141. The summed E-state index contributed by atoms with van der Waals surface area (Å²) in [5.74, 6) is -2.39. The second-order valence-corrected chi connectivity index (χ2v) is 13.5. The number of nitrogens with two attached hydrogens (primary N) is 2. The van der Waals surface area contributed by atoms with Gasteiger partial charge in [-0.25, -0.2) is 17.9 Å².